The third-order valence-electron chi connectivity index (χ3n) is 1.51. The van der Waals surface area contributed by atoms with Crippen molar-refractivity contribution in [2.75, 3.05) is 20.4 Å². The monoisotopic (exact) mass is 182 g/mol. The molecule has 1 N–H and O–H groups in total. The fourth-order valence-corrected chi connectivity index (χ4v) is 1.43. The molecule has 0 aliphatic heterocycles. The van der Waals surface area contributed by atoms with Gasteiger partial charge in [-0.15, -0.1) is 0 Å². The Morgan fingerprint density at radius 3 is 2.45 bits per heavy atom. The lowest BCUT2D eigenvalue weighted by Crippen LogP contribution is -2.07. The van der Waals surface area contributed by atoms with E-state index in [-0.39, 0.29) is 12.3 Å². The Balaban J connectivity index is 3.61. The molecule has 0 bridgehead atoms. The standard InChI is InChI=1S/C6H15O4P/c1-6(9-2)4-5-11(7,8)10-3/h6H,4-5H2,1-3H3,(H,7,8). The van der Waals surface area contributed by atoms with E-state index >= 15 is 0 Å². The van der Waals surface area contributed by atoms with Crippen molar-refractivity contribution < 1.29 is 18.7 Å². The Hall–Kier alpha value is 0.110. The zero-order valence-corrected chi connectivity index (χ0v) is 8.01. The molecular formula is C6H15O4P. The summed E-state index contributed by atoms with van der Waals surface area (Å²) in [6, 6.07) is 0. The van der Waals surface area contributed by atoms with Crippen molar-refractivity contribution in [1.82, 2.24) is 0 Å². The van der Waals surface area contributed by atoms with E-state index in [2.05, 4.69) is 4.52 Å². The van der Waals surface area contributed by atoms with Gasteiger partial charge in [-0.05, 0) is 13.3 Å². The predicted octanol–water partition coefficient (Wildman–Crippen LogP) is 1.24. The molecule has 0 spiro atoms. The number of hydrogen-bond acceptors (Lipinski definition) is 3. The van der Waals surface area contributed by atoms with E-state index in [0.717, 1.165) is 0 Å². The fourth-order valence-electron chi connectivity index (χ4n) is 0.554. The lowest BCUT2D eigenvalue weighted by molar-refractivity contribution is 0.114. The molecule has 2 unspecified atom stereocenters. The molecular weight excluding hydrogens is 167 g/mol. The van der Waals surface area contributed by atoms with E-state index in [1.54, 1.807) is 7.11 Å². The average Bonchev–Trinajstić information content (AvgIpc) is 2.00. The maximum absolute atomic E-state index is 10.9. The van der Waals surface area contributed by atoms with Gasteiger partial charge < -0.3 is 14.2 Å². The molecule has 0 saturated heterocycles. The van der Waals surface area contributed by atoms with Crippen LogP contribution in [-0.4, -0.2) is 31.4 Å². The van der Waals surface area contributed by atoms with Gasteiger partial charge in [0.05, 0.1) is 12.3 Å². The van der Waals surface area contributed by atoms with Crippen LogP contribution < -0.4 is 0 Å². The van der Waals surface area contributed by atoms with Crippen LogP contribution in [0.15, 0.2) is 0 Å². The molecule has 0 aromatic heterocycles. The maximum atomic E-state index is 10.9. The molecule has 0 aromatic rings. The van der Waals surface area contributed by atoms with Crippen LogP contribution in [0.3, 0.4) is 0 Å². The zero-order chi connectivity index (χ0) is 8.91. The first-order chi connectivity index (χ1) is 5.02. The van der Waals surface area contributed by atoms with E-state index in [1.165, 1.54) is 7.11 Å². The summed E-state index contributed by atoms with van der Waals surface area (Å²) in [6.07, 6.45) is 0.696. The van der Waals surface area contributed by atoms with Crippen molar-refractivity contribution in [3.05, 3.63) is 0 Å². The number of rotatable bonds is 5. The minimum Gasteiger partial charge on any atom is -0.382 e. The van der Waals surface area contributed by atoms with Crippen molar-refractivity contribution in [3.63, 3.8) is 0 Å². The highest BCUT2D eigenvalue weighted by Crippen LogP contribution is 2.41. The SMILES string of the molecule is COC(C)CCP(=O)(O)OC. The summed E-state index contributed by atoms with van der Waals surface area (Å²) < 4.78 is 20.2. The van der Waals surface area contributed by atoms with Gasteiger partial charge in [0.1, 0.15) is 0 Å². The normalized spacial score (nSPS) is 19.3. The van der Waals surface area contributed by atoms with Gasteiger partial charge in [0.25, 0.3) is 0 Å². The minimum absolute atomic E-state index is 0.00521. The minimum atomic E-state index is -3.32. The van der Waals surface area contributed by atoms with Crippen LogP contribution in [0, 0.1) is 0 Å². The Morgan fingerprint density at radius 1 is 1.55 bits per heavy atom. The highest BCUT2D eigenvalue weighted by molar-refractivity contribution is 7.52. The molecule has 0 saturated carbocycles. The molecule has 0 heterocycles. The van der Waals surface area contributed by atoms with Crippen molar-refractivity contribution in [2.45, 2.75) is 19.4 Å². The van der Waals surface area contributed by atoms with Gasteiger partial charge in [0, 0.05) is 14.2 Å². The molecule has 0 radical (unpaired) electrons. The Bertz CT molecular complexity index is 148. The van der Waals surface area contributed by atoms with E-state index in [4.69, 9.17) is 9.63 Å². The maximum Gasteiger partial charge on any atom is 0.327 e. The topological polar surface area (TPSA) is 55.8 Å². The molecule has 11 heavy (non-hydrogen) atoms. The first kappa shape index (κ1) is 11.1. The third-order valence-corrected chi connectivity index (χ3v) is 2.90. The van der Waals surface area contributed by atoms with E-state index in [1.807, 2.05) is 6.92 Å². The van der Waals surface area contributed by atoms with Crippen LogP contribution in [0.1, 0.15) is 13.3 Å². The summed E-state index contributed by atoms with van der Waals surface area (Å²) in [5.74, 6) is 0. The van der Waals surface area contributed by atoms with Crippen LogP contribution in [-0.2, 0) is 13.8 Å². The molecule has 5 heteroatoms. The average molecular weight is 182 g/mol. The van der Waals surface area contributed by atoms with Crippen LogP contribution in [0.4, 0.5) is 0 Å². The zero-order valence-electron chi connectivity index (χ0n) is 7.11. The van der Waals surface area contributed by atoms with Crippen LogP contribution >= 0.6 is 7.60 Å². The second kappa shape index (κ2) is 4.88. The van der Waals surface area contributed by atoms with E-state index in [0.29, 0.717) is 6.42 Å². The van der Waals surface area contributed by atoms with Gasteiger partial charge in [-0.1, -0.05) is 0 Å². The summed E-state index contributed by atoms with van der Waals surface area (Å²) >= 11 is 0. The second-order valence-electron chi connectivity index (χ2n) is 2.38. The van der Waals surface area contributed by atoms with Gasteiger partial charge in [-0.3, -0.25) is 4.57 Å². The summed E-state index contributed by atoms with van der Waals surface area (Å²) in [6.45, 7) is 1.84. The van der Waals surface area contributed by atoms with Gasteiger partial charge >= 0.3 is 7.60 Å². The molecule has 0 fully saturated rings. The second-order valence-corrected chi connectivity index (χ2v) is 4.47. The number of ether oxygens (including phenoxy) is 1. The summed E-state index contributed by atoms with van der Waals surface area (Å²) in [5.41, 5.74) is 0. The first-order valence-corrected chi connectivity index (χ1v) is 5.18. The summed E-state index contributed by atoms with van der Waals surface area (Å²) in [7, 11) is -0.517. The van der Waals surface area contributed by atoms with Gasteiger partial charge in [0.15, 0.2) is 0 Å². The van der Waals surface area contributed by atoms with Crippen LogP contribution in [0.2, 0.25) is 0 Å². The molecule has 2 atom stereocenters. The molecule has 0 aliphatic rings. The number of hydrogen-bond donors (Lipinski definition) is 1. The molecule has 0 rings (SSSR count). The van der Waals surface area contributed by atoms with Crippen LogP contribution in [0.5, 0.6) is 0 Å². The van der Waals surface area contributed by atoms with Crippen molar-refractivity contribution in [2.24, 2.45) is 0 Å². The van der Waals surface area contributed by atoms with Gasteiger partial charge in [-0.25, -0.2) is 0 Å². The van der Waals surface area contributed by atoms with Crippen molar-refractivity contribution in [3.8, 4) is 0 Å². The molecule has 0 amide bonds. The highest BCUT2D eigenvalue weighted by Gasteiger charge is 2.17. The molecule has 0 aromatic carbocycles. The van der Waals surface area contributed by atoms with Crippen molar-refractivity contribution >= 4 is 7.60 Å². The van der Waals surface area contributed by atoms with E-state index < -0.39 is 7.60 Å². The molecule has 0 aliphatic carbocycles. The lowest BCUT2D eigenvalue weighted by Gasteiger charge is -2.11. The Labute approximate surface area is 67.0 Å². The van der Waals surface area contributed by atoms with Crippen molar-refractivity contribution in [1.29, 1.82) is 0 Å². The highest BCUT2D eigenvalue weighted by atomic mass is 31.2. The molecule has 4 nitrogen and oxygen atoms in total. The van der Waals surface area contributed by atoms with E-state index in [9.17, 15) is 4.57 Å². The smallest absolute Gasteiger partial charge is 0.327 e. The lowest BCUT2D eigenvalue weighted by atomic mass is 10.3. The summed E-state index contributed by atoms with van der Waals surface area (Å²) in [4.78, 5) is 8.95. The van der Waals surface area contributed by atoms with Crippen LogP contribution in [0.25, 0.3) is 0 Å². The first-order valence-electron chi connectivity index (χ1n) is 3.42. The Morgan fingerprint density at radius 2 is 2.09 bits per heavy atom. The predicted molar refractivity (Wildman–Crippen MR) is 42.8 cm³/mol. The Kier molecular flexibility index (Phi) is 4.93. The quantitative estimate of drug-likeness (QED) is 0.650. The largest absolute Gasteiger partial charge is 0.382 e. The third kappa shape index (κ3) is 5.39. The molecule has 68 valence electrons. The van der Waals surface area contributed by atoms with Gasteiger partial charge in [-0.2, -0.15) is 0 Å². The fraction of sp³-hybridized carbons (Fsp3) is 1.00. The number of methoxy groups -OCH3 is 1. The van der Waals surface area contributed by atoms with Gasteiger partial charge in [0.2, 0.25) is 0 Å². The summed E-state index contributed by atoms with van der Waals surface area (Å²) in [5, 5.41) is 0.